The van der Waals surface area contributed by atoms with E-state index in [9.17, 15) is 19.8 Å². The zero-order chi connectivity index (χ0) is 40.8. The molecular weight excluding hydrogens is 725 g/mol. The van der Waals surface area contributed by atoms with E-state index >= 15 is 0 Å². The van der Waals surface area contributed by atoms with Crippen LogP contribution in [-0.4, -0.2) is 46.2 Å². The second-order valence-electron chi connectivity index (χ2n) is 15.2. The summed E-state index contributed by atoms with van der Waals surface area (Å²) in [5.74, 6) is -1.79. The Morgan fingerprint density at radius 2 is 0.966 bits per heavy atom. The van der Waals surface area contributed by atoms with Crippen LogP contribution < -0.4 is 20.4 Å². The molecule has 296 valence electrons. The van der Waals surface area contributed by atoms with Crippen molar-refractivity contribution in [2.75, 3.05) is 23.9 Å². The molecule has 2 aliphatic rings. The van der Waals surface area contributed by atoms with Gasteiger partial charge in [-0.15, -0.1) is 0 Å². The standard InChI is InChI=1S/2C24H25N3O2/c2*1-16-3-6-19(7-4-16)27(2)20-8-9-21-18(13-20)15-26-23(21)10-5-17-14-25-12-11-22(17)24(28)29/h2*3-4,6-9,11-14,23,26H,5,10,15H2,1-2H3,(H,28,29)/t2*23-/m10/s1. The van der Waals surface area contributed by atoms with Gasteiger partial charge in [-0.25, -0.2) is 9.59 Å². The van der Waals surface area contributed by atoms with Gasteiger partial charge in [0.15, 0.2) is 0 Å². The smallest absolute Gasteiger partial charge is 0.336 e. The average Bonchev–Trinajstić information content (AvgIpc) is 3.85. The molecule has 0 bridgehead atoms. The minimum absolute atomic E-state index is 0.227. The van der Waals surface area contributed by atoms with Gasteiger partial charge in [0.1, 0.15) is 0 Å². The summed E-state index contributed by atoms with van der Waals surface area (Å²) in [5, 5.41) is 25.9. The fourth-order valence-electron chi connectivity index (χ4n) is 7.89. The Labute approximate surface area is 340 Å². The fourth-order valence-corrected chi connectivity index (χ4v) is 7.89. The molecule has 58 heavy (non-hydrogen) atoms. The Balaban J connectivity index is 0.000000177. The summed E-state index contributed by atoms with van der Waals surface area (Å²) in [6.45, 7) is 5.84. The normalized spacial score (nSPS) is 15.2. The lowest BCUT2D eigenvalue weighted by Gasteiger charge is -2.21. The van der Waals surface area contributed by atoms with Crippen LogP contribution in [0.5, 0.6) is 0 Å². The number of nitrogens with one attached hydrogen (secondary N) is 2. The first-order valence-electron chi connectivity index (χ1n) is 19.7. The molecule has 2 aliphatic heterocycles. The van der Waals surface area contributed by atoms with Crippen LogP contribution in [0.2, 0.25) is 0 Å². The highest BCUT2D eigenvalue weighted by molar-refractivity contribution is 5.89. The fraction of sp³-hybridized carbons (Fsp3) is 0.250. The van der Waals surface area contributed by atoms with Gasteiger partial charge in [0.2, 0.25) is 0 Å². The molecule has 8 rings (SSSR count). The number of hydrogen-bond acceptors (Lipinski definition) is 8. The van der Waals surface area contributed by atoms with Crippen molar-refractivity contribution >= 4 is 34.7 Å². The van der Waals surface area contributed by atoms with E-state index in [0.29, 0.717) is 24.0 Å². The zero-order valence-corrected chi connectivity index (χ0v) is 33.4. The van der Waals surface area contributed by atoms with Crippen molar-refractivity contribution in [3.8, 4) is 0 Å². The number of aryl methyl sites for hydroxylation is 4. The van der Waals surface area contributed by atoms with Crippen LogP contribution >= 0.6 is 0 Å². The second-order valence-corrected chi connectivity index (χ2v) is 15.2. The Morgan fingerprint density at radius 1 is 0.586 bits per heavy atom. The summed E-state index contributed by atoms with van der Waals surface area (Å²) in [7, 11) is 4.17. The lowest BCUT2D eigenvalue weighted by molar-refractivity contribution is 0.0684. The van der Waals surface area contributed by atoms with E-state index in [2.05, 4.69) is 143 Å². The highest BCUT2D eigenvalue weighted by atomic mass is 16.4. The Morgan fingerprint density at radius 3 is 1.34 bits per heavy atom. The van der Waals surface area contributed by atoms with Crippen LogP contribution in [0.3, 0.4) is 0 Å². The number of benzene rings is 4. The molecule has 4 heterocycles. The third-order valence-electron chi connectivity index (χ3n) is 11.4. The number of aromatic carboxylic acids is 2. The summed E-state index contributed by atoms with van der Waals surface area (Å²) in [6, 6.07) is 33.8. The van der Waals surface area contributed by atoms with Gasteiger partial charge in [0.25, 0.3) is 0 Å². The quantitative estimate of drug-likeness (QED) is 0.0955. The predicted octanol–water partition coefficient (Wildman–Crippen LogP) is 9.27. The summed E-state index contributed by atoms with van der Waals surface area (Å²) >= 11 is 0. The largest absolute Gasteiger partial charge is 0.478 e. The molecule has 0 saturated carbocycles. The third-order valence-corrected chi connectivity index (χ3v) is 11.4. The maximum Gasteiger partial charge on any atom is 0.336 e. The molecule has 2 atom stereocenters. The molecule has 6 aromatic rings. The number of hydrogen-bond donors (Lipinski definition) is 4. The summed E-state index contributed by atoms with van der Waals surface area (Å²) < 4.78 is 0. The highest BCUT2D eigenvalue weighted by Gasteiger charge is 2.25. The van der Waals surface area contributed by atoms with Crippen LogP contribution in [0.1, 0.15) is 90.1 Å². The SMILES string of the molecule is Cc1ccc(N(C)c2ccc3c(c2)CN[C@@H]3CCc2cnccc2C(=O)O)cc1.Cc1ccc(N(C)c2ccc3c(c2)CN[C@H]3CCc2cnccc2C(=O)O)cc1. The van der Waals surface area contributed by atoms with Crippen LogP contribution in [0.4, 0.5) is 22.7 Å². The van der Waals surface area contributed by atoms with E-state index in [1.165, 1.54) is 45.8 Å². The minimum atomic E-state index is -0.897. The molecule has 10 nitrogen and oxygen atoms in total. The third kappa shape index (κ3) is 9.09. The van der Waals surface area contributed by atoms with Crippen molar-refractivity contribution in [2.24, 2.45) is 0 Å². The van der Waals surface area contributed by atoms with Gasteiger partial charge in [-0.05, 0) is 134 Å². The van der Waals surface area contributed by atoms with Crippen LogP contribution in [0.25, 0.3) is 0 Å². The van der Waals surface area contributed by atoms with Gasteiger partial charge in [-0.2, -0.15) is 0 Å². The monoisotopic (exact) mass is 774 g/mol. The minimum Gasteiger partial charge on any atom is -0.478 e. The van der Waals surface area contributed by atoms with E-state index in [4.69, 9.17) is 0 Å². The molecular formula is C48H50N6O4. The number of pyridine rings is 2. The zero-order valence-electron chi connectivity index (χ0n) is 33.4. The van der Waals surface area contributed by atoms with Crippen molar-refractivity contribution in [2.45, 2.75) is 64.7 Å². The molecule has 4 aromatic carbocycles. The molecule has 4 N–H and O–H groups in total. The van der Waals surface area contributed by atoms with Crippen LogP contribution in [0, 0.1) is 13.8 Å². The first-order valence-corrected chi connectivity index (χ1v) is 19.7. The van der Waals surface area contributed by atoms with E-state index in [-0.39, 0.29) is 12.1 Å². The van der Waals surface area contributed by atoms with E-state index in [1.54, 1.807) is 24.5 Å². The number of nitrogens with zero attached hydrogens (tertiary/aromatic N) is 4. The van der Waals surface area contributed by atoms with Crippen molar-refractivity contribution in [1.82, 2.24) is 20.6 Å². The van der Waals surface area contributed by atoms with Crippen molar-refractivity contribution < 1.29 is 19.8 Å². The van der Waals surface area contributed by atoms with Gasteiger partial charge in [-0.1, -0.05) is 47.5 Å². The van der Waals surface area contributed by atoms with Crippen molar-refractivity contribution in [3.63, 3.8) is 0 Å². The number of aromatic nitrogens is 2. The Kier molecular flexibility index (Phi) is 12.3. The van der Waals surface area contributed by atoms with E-state index < -0.39 is 11.9 Å². The predicted molar refractivity (Wildman–Crippen MR) is 230 cm³/mol. The highest BCUT2D eigenvalue weighted by Crippen LogP contribution is 2.35. The molecule has 0 unspecified atom stereocenters. The maximum absolute atomic E-state index is 11.4. The first kappa shape index (κ1) is 39.9. The summed E-state index contributed by atoms with van der Waals surface area (Å²) in [4.78, 5) is 35.4. The Bertz CT molecular complexity index is 2230. The van der Waals surface area contributed by atoms with Crippen molar-refractivity contribution in [1.29, 1.82) is 0 Å². The number of carboxylic acid groups (broad SMARTS) is 2. The molecule has 0 spiro atoms. The lowest BCUT2D eigenvalue weighted by atomic mass is 9.97. The van der Waals surface area contributed by atoms with Crippen LogP contribution in [0.15, 0.2) is 122 Å². The molecule has 0 aliphatic carbocycles. The van der Waals surface area contributed by atoms with Gasteiger partial charge in [-0.3, -0.25) is 9.97 Å². The molecule has 0 fully saturated rings. The van der Waals surface area contributed by atoms with Gasteiger partial charge < -0.3 is 30.6 Å². The maximum atomic E-state index is 11.4. The first-order chi connectivity index (χ1) is 28.0. The number of carboxylic acids is 2. The molecule has 0 saturated heterocycles. The van der Waals surface area contributed by atoms with Gasteiger partial charge in [0, 0.05) is 86.8 Å². The molecule has 0 radical (unpaired) electrons. The van der Waals surface area contributed by atoms with Gasteiger partial charge in [0.05, 0.1) is 11.1 Å². The van der Waals surface area contributed by atoms with E-state index in [1.807, 2.05) is 0 Å². The van der Waals surface area contributed by atoms with Gasteiger partial charge >= 0.3 is 11.9 Å². The number of carbonyl (C=O) groups is 2. The molecule has 0 amide bonds. The molecule has 2 aromatic heterocycles. The number of anilines is 4. The topological polar surface area (TPSA) is 131 Å². The number of fused-ring (bicyclic) bond motifs is 2. The second kappa shape index (κ2) is 17.8. The van der Waals surface area contributed by atoms with Crippen molar-refractivity contribution in [3.05, 3.63) is 177 Å². The van der Waals surface area contributed by atoms with Crippen LogP contribution in [-0.2, 0) is 25.9 Å². The number of rotatable bonds is 12. The summed E-state index contributed by atoms with van der Waals surface area (Å²) in [5.41, 5.74) is 14.6. The summed E-state index contributed by atoms with van der Waals surface area (Å²) in [6.07, 6.45) is 9.43. The lowest BCUT2D eigenvalue weighted by Crippen LogP contribution is -2.14. The molecule has 10 heteroatoms. The average molecular weight is 775 g/mol. The van der Waals surface area contributed by atoms with E-state index in [0.717, 1.165) is 59.8 Å². The Hall–Kier alpha value is -6.36.